The van der Waals surface area contributed by atoms with E-state index in [9.17, 15) is 14.4 Å². The van der Waals surface area contributed by atoms with Gasteiger partial charge in [-0.25, -0.2) is 5.48 Å². The third-order valence-corrected chi connectivity index (χ3v) is 5.05. The summed E-state index contributed by atoms with van der Waals surface area (Å²) < 4.78 is 11.3. The van der Waals surface area contributed by atoms with E-state index in [0.717, 1.165) is 0 Å². The molecule has 3 amide bonds. The van der Waals surface area contributed by atoms with Gasteiger partial charge in [0.25, 0.3) is 11.8 Å². The molecule has 152 valence electrons. The highest BCUT2D eigenvalue weighted by Crippen LogP contribution is 2.29. The predicted molar refractivity (Wildman–Crippen MR) is 97.8 cm³/mol. The lowest BCUT2D eigenvalue weighted by atomic mass is 9.98. The van der Waals surface area contributed by atoms with E-state index in [1.165, 1.54) is 11.0 Å². The maximum atomic E-state index is 13.1. The Morgan fingerprint density at radius 2 is 1.93 bits per heavy atom. The van der Waals surface area contributed by atoms with Gasteiger partial charge in [0.1, 0.15) is 5.75 Å². The monoisotopic (exact) mass is 391 g/mol. The molecule has 0 spiro atoms. The lowest BCUT2D eigenvalue weighted by molar-refractivity contribution is -0.143. The number of nitrogens with one attached hydrogen (secondary N) is 1. The molecule has 1 atom stereocenters. The lowest BCUT2D eigenvalue weighted by Gasteiger charge is -2.30. The second-order valence-corrected chi connectivity index (χ2v) is 7.21. The van der Waals surface area contributed by atoms with Crippen molar-refractivity contribution in [2.75, 3.05) is 33.9 Å². The number of hydrogen-bond acceptors (Lipinski definition) is 6. The minimum atomic E-state index is -0.882. The number of carbonyl (C=O) groups is 3. The third kappa shape index (κ3) is 4.26. The Balaban J connectivity index is 1.91. The quantitative estimate of drug-likeness (QED) is 0.571. The number of rotatable bonds is 3. The van der Waals surface area contributed by atoms with E-state index < -0.39 is 12.0 Å². The summed E-state index contributed by atoms with van der Waals surface area (Å²) in [6.45, 7) is 1.52. The van der Waals surface area contributed by atoms with Crippen LogP contribution in [0.3, 0.4) is 0 Å². The maximum Gasteiger partial charge on any atom is 0.274 e. The zero-order valence-corrected chi connectivity index (χ0v) is 16.0. The van der Waals surface area contributed by atoms with Crippen molar-refractivity contribution in [2.45, 2.75) is 25.5 Å². The molecule has 0 bridgehead atoms. The zero-order valence-electron chi connectivity index (χ0n) is 16.0. The number of benzene rings is 1. The Morgan fingerprint density at radius 1 is 1.21 bits per heavy atom. The van der Waals surface area contributed by atoms with Crippen molar-refractivity contribution in [3.05, 3.63) is 29.3 Å². The first-order chi connectivity index (χ1) is 13.4. The first-order valence-corrected chi connectivity index (χ1v) is 9.22. The van der Waals surface area contributed by atoms with Crippen molar-refractivity contribution < 1.29 is 29.1 Å². The van der Waals surface area contributed by atoms with Crippen molar-refractivity contribution in [1.29, 1.82) is 0 Å². The van der Waals surface area contributed by atoms with Crippen LogP contribution >= 0.6 is 0 Å². The summed E-state index contributed by atoms with van der Waals surface area (Å²) in [6, 6.07) is 4.69. The minimum absolute atomic E-state index is 0.0199. The van der Waals surface area contributed by atoms with E-state index in [0.29, 0.717) is 37.4 Å². The Labute approximate surface area is 163 Å². The van der Waals surface area contributed by atoms with Crippen molar-refractivity contribution in [2.24, 2.45) is 5.92 Å². The molecule has 2 aliphatic rings. The fourth-order valence-corrected chi connectivity index (χ4v) is 3.45. The van der Waals surface area contributed by atoms with Crippen molar-refractivity contribution in [1.82, 2.24) is 15.3 Å². The van der Waals surface area contributed by atoms with Crippen LogP contribution in [0.1, 0.15) is 28.8 Å². The molecule has 2 N–H and O–H groups in total. The Bertz CT molecular complexity index is 760. The first-order valence-electron chi connectivity index (χ1n) is 9.22. The minimum Gasteiger partial charge on any atom is -0.478 e. The van der Waals surface area contributed by atoms with Crippen molar-refractivity contribution in [3.63, 3.8) is 0 Å². The van der Waals surface area contributed by atoms with Gasteiger partial charge < -0.3 is 19.3 Å². The topological polar surface area (TPSA) is 108 Å². The molecular formula is C19H25N3O6. The molecule has 2 aliphatic heterocycles. The number of amides is 3. The fraction of sp³-hybridized carbons (Fsp3) is 0.526. The van der Waals surface area contributed by atoms with Crippen LogP contribution in [0.15, 0.2) is 18.2 Å². The number of ether oxygens (including phenoxy) is 2. The van der Waals surface area contributed by atoms with Crippen LogP contribution < -0.4 is 10.2 Å². The molecular weight excluding hydrogens is 366 g/mol. The van der Waals surface area contributed by atoms with Gasteiger partial charge >= 0.3 is 0 Å². The summed E-state index contributed by atoms with van der Waals surface area (Å²) in [6.07, 6.45) is 0.433. The summed E-state index contributed by atoms with van der Waals surface area (Å²) in [7, 11) is 3.25. The highest BCUT2D eigenvalue weighted by atomic mass is 16.5. The number of nitrogens with zero attached hydrogens (tertiary/aromatic N) is 2. The van der Waals surface area contributed by atoms with Gasteiger partial charge in [0.05, 0.1) is 6.54 Å². The van der Waals surface area contributed by atoms with Gasteiger partial charge in [0.15, 0.2) is 6.10 Å². The second-order valence-electron chi connectivity index (χ2n) is 7.21. The van der Waals surface area contributed by atoms with Crippen LogP contribution in [0.5, 0.6) is 5.75 Å². The summed E-state index contributed by atoms with van der Waals surface area (Å²) in [5, 5.41) is 8.86. The van der Waals surface area contributed by atoms with Crippen LogP contribution in [-0.4, -0.2) is 72.7 Å². The molecule has 1 aromatic carbocycles. The highest BCUT2D eigenvalue weighted by molar-refractivity contribution is 5.94. The van der Waals surface area contributed by atoms with Gasteiger partial charge in [-0.1, -0.05) is 6.07 Å². The average Bonchev–Trinajstić information content (AvgIpc) is 2.91. The smallest absolute Gasteiger partial charge is 0.274 e. The molecule has 9 nitrogen and oxygen atoms in total. The van der Waals surface area contributed by atoms with Crippen molar-refractivity contribution in [3.8, 4) is 5.75 Å². The van der Waals surface area contributed by atoms with Crippen LogP contribution in [0.2, 0.25) is 0 Å². The van der Waals surface area contributed by atoms with Crippen molar-refractivity contribution >= 4 is 17.7 Å². The molecule has 1 aromatic rings. The SMILES string of the molecule is CN(C)C(=O)C1CN(C(=O)C2CCOCC2)Cc2ccc(C(=O)NO)cc2O1. The molecule has 1 unspecified atom stereocenters. The van der Waals surface area contributed by atoms with E-state index in [1.807, 2.05) is 0 Å². The van der Waals surface area contributed by atoms with E-state index in [-0.39, 0.29) is 36.4 Å². The van der Waals surface area contributed by atoms with Gasteiger partial charge in [0, 0.05) is 50.9 Å². The molecule has 28 heavy (non-hydrogen) atoms. The standard InChI is InChI=1S/C19H25N3O6/c1-21(2)19(25)16-11-22(18(24)12-5-7-27-8-6-12)10-14-4-3-13(17(23)20-26)9-15(14)28-16/h3-4,9,12,16,26H,5-8,10-11H2,1-2H3,(H,20,23). The van der Waals surface area contributed by atoms with Crippen LogP contribution in [-0.2, 0) is 20.9 Å². The molecule has 1 fully saturated rings. The lowest BCUT2D eigenvalue weighted by Crippen LogP contribution is -2.47. The van der Waals surface area contributed by atoms with E-state index in [2.05, 4.69) is 0 Å². The molecule has 0 aromatic heterocycles. The van der Waals surface area contributed by atoms with Gasteiger partial charge in [-0.15, -0.1) is 0 Å². The van der Waals surface area contributed by atoms with Gasteiger partial charge in [-0.2, -0.15) is 0 Å². The summed E-state index contributed by atoms with van der Waals surface area (Å²) in [5.41, 5.74) is 2.47. The summed E-state index contributed by atoms with van der Waals surface area (Å²) >= 11 is 0. The largest absolute Gasteiger partial charge is 0.478 e. The van der Waals surface area contributed by atoms with E-state index in [4.69, 9.17) is 14.7 Å². The van der Waals surface area contributed by atoms with Gasteiger partial charge in [-0.3, -0.25) is 19.6 Å². The number of fused-ring (bicyclic) bond motifs is 1. The van der Waals surface area contributed by atoms with Gasteiger partial charge in [-0.05, 0) is 25.0 Å². The molecule has 2 heterocycles. The Kier molecular flexibility index (Phi) is 6.15. The molecule has 3 rings (SSSR count). The van der Waals surface area contributed by atoms with Crippen LogP contribution in [0, 0.1) is 5.92 Å². The number of likely N-dealkylation sites (N-methyl/N-ethyl adjacent to an activating group) is 1. The number of hydroxylamine groups is 1. The van der Waals surface area contributed by atoms with Crippen LogP contribution in [0.4, 0.5) is 0 Å². The number of carbonyl (C=O) groups excluding carboxylic acids is 3. The maximum absolute atomic E-state index is 13.1. The van der Waals surface area contributed by atoms with Crippen LogP contribution in [0.25, 0.3) is 0 Å². The predicted octanol–water partition coefficient (Wildman–Crippen LogP) is 0.410. The Hall–Kier alpha value is -2.65. The van der Waals surface area contributed by atoms with E-state index in [1.54, 1.807) is 36.6 Å². The first kappa shape index (κ1) is 20.1. The average molecular weight is 391 g/mol. The molecule has 1 saturated heterocycles. The second kappa shape index (κ2) is 8.57. The molecule has 0 radical (unpaired) electrons. The zero-order chi connectivity index (χ0) is 20.3. The van der Waals surface area contributed by atoms with E-state index >= 15 is 0 Å². The van der Waals surface area contributed by atoms with Gasteiger partial charge in [0.2, 0.25) is 5.91 Å². The molecule has 0 saturated carbocycles. The Morgan fingerprint density at radius 3 is 2.57 bits per heavy atom. The molecule has 0 aliphatic carbocycles. The highest BCUT2D eigenvalue weighted by Gasteiger charge is 2.35. The normalized spacial score (nSPS) is 19.8. The molecule has 9 heteroatoms. The summed E-state index contributed by atoms with van der Waals surface area (Å²) in [4.78, 5) is 40.5. The third-order valence-electron chi connectivity index (χ3n) is 5.05. The number of hydrogen-bond donors (Lipinski definition) is 2. The fourth-order valence-electron chi connectivity index (χ4n) is 3.45. The summed E-state index contributed by atoms with van der Waals surface area (Å²) in [5.74, 6) is -0.752.